The fourth-order valence-corrected chi connectivity index (χ4v) is 4.96. The first-order chi connectivity index (χ1) is 16.3. The predicted octanol–water partition coefficient (Wildman–Crippen LogP) is 5.52. The second-order valence-corrected chi connectivity index (χ2v) is 8.75. The van der Waals surface area contributed by atoms with Gasteiger partial charge in [-0.1, -0.05) is 41.6 Å². The maximum Gasteiger partial charge on any atom is 0.230 e. The molecule has 1 N–H and O–H groups in total. The van der Waals surface area contributed by atoms with Gasteiger partial charge in [0.15, 0.2) is 0 Å². The maximum atomic E-state index is 14.0. The van der Waals surface area contributed by atoms with Gasteiger partial charge in [-0.05, 0) is 60.6 Å². The summed E-state index contributed by atoms with van der Waals surface area (Å²) in [7, 11) is 0. The van der Waals surface area contributed by atoms with Gasteiger partial charge in [0.1, 0.15) is 12.1 Å². The van der Waals surface area contributed by atoms with Crippen LogP contribution in [0.4, 0.5) is 17.2 Å². The second-order valence-electron chi connectivity index (χ2n) is 8.75. The number of amides is 1. The van der Waals surface area contributed by atoms with Gasteiger partial charge in [-0.3, -0.25) is 4.79 Å². The van der Waals surface area contributed by atoms with E-state index in [-0.39, 0.29) is 11.8 Å². The van der Waals surface area contributed by atoms with E-state index in [1.54, 1.807) is 18.7 Å². The van der Waals surface area contributed by atoms with Crippen LogP contribution in [0.5, 0.6) is 0 Å². The summed E-state index contributed by atoms with van der Waals surface area (Å²) < 4.78 is 5.05. The molecule has 0 saturated carbocycles. The Bertz CT molecular complexity index is 1290. The summed E-state index contributed by atoms with van der Waals surface area (Å²) in [5.41, 5.74) is 7.32. The number of benzene rings is 2. The van der Waals surface area contributed by atoms with E-state index in [1.165, 1.54) is 11.1 Å². The van der Waals surface area contributed by atoms with Gasteiger partial charge in [0.05, 0.1) is 24.1 Å². The highest BCUT2D eigenvalue weighted by molar-refractivity contribution is 6.00. The molecule has 0 atom stereocenters. The van der Waals surface area contributed by atoms with Gasteiger partial charge in [0.2, 0.25) is 5.91 Å². The minimum Gasteiger partial charge on any atom is -0.364 e. The van der Waals surface area contributed by atoms with Crippen LogP contribution >= 0.6 is 0 Å². The van der Waals surface area contributed by atoms with Crippen molar-refractivity contribution in [3.63, 3.8) is 0 Å². The zero-order valence-corrected chi connectivity index (χ0v) is 18.2. The number of pyridine rings is 1. The van der Waals surface area contributed by atoms with Crippen LogP contribution in [0.25, 0.3) is 11.1 Å². The highest BCUT2D eigenvalue weighted by Gasteiger charge is 2.31. The molecule has 33 heavy (non-hydrogen) atoms. The number of rotatable bonds is 2. The van der Waals surface area contributed by atoms with Gasteiger partial charge in [0.25, 0.3) is 0 Å². The molecular formula is C27H24N4O2. The first-order valence-corrected chi connectivity index (χ1v) is 11.4. The van der Waals surface area contributed by atoms with Gasteiger partial charge >= 0.3 is 0 Å². The van der Waals surface area contributed by atoms with Crippen molar-refractivity contribution in [2.75, 3.05) is 10.2 Å². The van der Waals surface area contributed by atoms with Crippen molar-refractivity contribution in [3.8, 4) is 11.1 Å². The second kappa shape index (κ2) is 8.20. The molecule has 1 aliphatic heterocycles. The highest BCUT2D eigenvalue weighted by atomic mass is 16.5. The van der Waals surface area contributed by atoms with Crippen molar-refractivity contribution < 1.29 is 9.32 Å². The molecule has 2 aromatic carbocycles. The van der Waals surface area contributed by atoms with Crippen LogP contribution in [0.3, 0.4) is 0 Å². The fraction of sp³-hybridized carbons (Fsp3) is 0.222. The van der Waals surface area contributed by atoms with E-state index in [0.29, 0.717) is 6.54 Å². The number of carbonyl (C=O) groups is 1. The zero-order valence-electron chi connectivity index (χ0n) is 18.2. The summed E-state index contributed by atoms with van der Waals surface area (Å²) in [5.74, 6) is 0.938. The van der Waals surface area contributed by atoms with E-state index in [4.69, 9.17) is 4.52 Å². The van der Waals surface area contributed by atoms with E-state index in [0.717, 1.165) is 59.6 Å². The van der Waals surface area contributed by atoms with E-state index in [2.05, 4.69) is 39.7 Å². The quantitative estimate of drug-likeness (QED) is 0.419. The lowest BCUT2D eigenvalue weighted by Crippen LogP contribution is -2.36. The molecule has 6 rings (SSSR count). The lowest BCUT2D eigenvalue weighted by molar-refractivity contribution is -0.122. The van der Waals surface area contributed by atoms with Crippen molar-refractivity contribution in [1.82, 2.24) is 10.1 Å². The molecule has 2 aliphatic rings. The Morgan fingerprint density at radius 2 is 1.76 bits per heavy atom. The smallest absolute Gasteiger partial charge is 0.230 e. The van der Waals surface area contributed by atoms with Gasteiger partial charge in [-0.2, -0.15) is 0 Å². The topological polar surface area (TPSA) is 71.3 Å². The van der Waals surface area contributed by atoms with E-state index in [9.17, 15) is 4.79 Å². The fourth-order valence-electron chi connectivity index (χ4n) is 4.96. The van der Waals surface area contributed by atoms with Gasteiger partial charge < -0.3 is 14.7 Å². The first-order valence-electron chi connectivity index (χ1n) is 11.4. The van der Waals surface area contributed by atoms with Crippen molar-refractivity contribution in [1.29, 1.82) is 0 Å². The Hall–Kier alpha value is -3.93. The van der Waals surface area contributed by atoms with Crippen molar-refractivity contribution in [2.24, 2.45) is 5.92 Å². The number of nitrogens with zero attached hydrogens (tertiary/aromatic N) is 3. The van der Waals surface area contributed by atoms with E-state index in [1.807, 2.05) is 35.2 Å². The van der Waals surface area contributed by atoms with Crippen LogP contribution < -0.4 is 10.2 Å². The summed E-state index contributed by atoms with van der Waals surface area (Å²) in [4.78, 5) is 20.5. The number of nitrogens with one attached hydrogen (secondary N) is 1. The monoisotopic (exact) mass is 436 g/mol. The average molecular weight is 437 g/mol. The summed E-state index contributed by atoms with van der Waals surface area (Å²) in [5, 5.41) is 7.28. The Labute approximate surface area is 192 Å². The van der Waals surface area contributed by atoms with Crippen molar-refractivity contribution in [3.05, 3.63) is 89.9 Å². The van der Waals surface area contributed by atoms with Gasteiger partial charge in [0, 0.05) is 23.2 Å². The largest absolute Gasteiger partial charge is 0.364 e. The van der Waals surface area contributed by atoms with Crippen molar-refractivity contribution in [2.45, 2.75) is 32.2 Å². The van der Waals surface area contributed by atoms with Crippen LogP contribution in [0.2, 0.25) is 0 Å². The van der Waals surface area contributed by atoms with Crippen LogP contribution in [-0.2, 0) is 24.2 Å². The summed E-state index contributed by atoms with van der Waals surface area (Å²) in [6, 6.07) is 18.6. The lowest BCUT2D eigenvalue weighted by Gasteiger charge is -2.27. The molecule has 0 unspecified atom stereocenters. The molecule has 0 saturated heterocycles. The molecule has 4 aromatic rings. The number of hydrogen-bond donors (Lipinski definition) is 1. The third-order valence-electron chi connectivity index (χ3n) is 6.78. The van der Waals surface area contributed by atoms with Crippen LogP contribution in [-0.4, -0.2) is 16.0 Å². The molecule has 6 heteroatoms. The van der Waals surface area contributed by atoms with E-state index < -0.39 is 0 Å². The van der Waals surface area contributed by atoms with Crippen LogP contribution in [0.15, 0.2) is 77.8 Å². The standard InChI is InChI=1S/C27H24N4O2/c32-27(20-9-7-18-4-1-2-5-19(18)8-10-20)31-16-22-6-3-13-28-26(22)30-24-12-11-21(14-25(24)31)23-15-29-33-17-23/h1-6,11-15,17,20H,7-10,16H2,(H,28,30). The SMILES string of the molecule is O=C(C1CCc2ccccc2CC1)N1Cc2cccnc2Nc2ccc(-c3cnoc3)cc21. The number of fused-ring (bicyclic) bond motifs is 3. The number of carbonyl (C=O) groups excluding carboxylic acids is 1. The summed E-state index contributed by atoms with van der Waals surface area (Å²) >= 11 is 0. The third-order valence-corrected chi connectivity index (χ3v) is 6.78. The molecule has 1 amide bonds. The Kier molecular flexibility index (Phi) is 4.91. The Morgan fingerprint density at radius 1 is 0.970 bits per heavy atom. The number of anilines is 3. The predicted molar refractivity (Wildman–Crippen MR) is 127 cm³/mol. The average Bonchev–Trinajstić information content (AvgIpc) is 3.23. The van der Waals surface area contributed by atoms with Gasteiger partial charge in [-0.15, -0.1) is 0 Å². The van der Waals surface area contributed by atoms with Gasteiger partial charge in [-0.25, -0.2) is 4.98 Å². The molecule has 0 bridgehead atoms. The lowest BCUT2D eigenvalue weighted by atomic mass is 9.97. The molecule has 164 valence electrons. The maximum absolute atomic E-state index is 14.0. The Morgan fingerprint density at radius 3 is 2.52 bits per heavy atom. The summed E-state index contributed by atoms with van der Waals surface area (Å²) in [6.07, 6.45) is 8.68. The van der Waals surface area contributed by atoms with E-state index >= 15 is 0 Å². The molecule has 0 spiro atoms. The van der Waals surface area contributed by atoms with Crippen LogP contribution in [0, 0.1) is 5.92 Å². The van der Waals surface area contributed by atoms with Crippen LogP contribution in [0.1, 0.15) is 29.5 Å². The molecule has 0 fully saturated rings. The molecule has 2 aromatic heterocycles. The highest BCUT2D eigenvalue weighted by Crippen LogP contribution is 2.39. The molecule has 0 radical (unpaired) electrons. The molecule has 6 nitrogen and oxygen atoms in total. The van der Waals surface area contributed by atoms with Crippen molar-refractivity contribution >= 4 is 23.1 Å². The number of aromatic nitrogens is 2. The minimum absolute atomic E-state index is 0.0253. The molecule has 1 aliphatic carbocycles. The summed E-state index contributed by atoms with van der Waals surface area (Å²) in [6.45, 7) is 0.485. The number of aryl methyl sites for hydroxylation is 2. The Balaban J connectivity index is 1.38. The minimum atomic E-state index is -0.0253. The first kappa shape index (κ1) is 19.7. The molecular weight excluding hydrogens is 412 g/mol. The zero-order chi connectivity index (χ0) is 22.2. The normalized spacial score (nSPS) is 15.5. The third kappa shape index (κ3) is 3.67. The number of hydrogen-bond acceptors (Lipinski definition) is 5. The molecule has 3 heterocycles.